The molecule has 0 spiro atoms. The van der Waals surface area contributed by atoms with Crippen LogP contribution in [0.25, 0.3) is 0 Å². The van der Waals surface area contributed by atoms with Crippen molar-refractivity contribution in [2.24, 2.45) is 0 Å². The van der Waals surface area contributed by atoms with Crippen molar-refractivity contribution in [1.82, 2.24) is 0 Å². The van der Waals surface area contributed by atoms with Gasteiger partial charge in [-0.3, -0.25) is 0 Å². The SMILES string of the molecule is O.O.[Hf].[MgH2]. The zero-order valence-electron chi connectivity index (χ0n) is 1.50. The van der Waals surface area contributed by atoms with Crippen molar-refractivity contribution in [3.63, 3.8) is 0 Å². The molecular formula is H6HfMgO2. The summed E-state index contributed by atoms with van der Waals surface area (Å²) in [4.78, 5) is 0. The van der Waals surface area contributed by atoms with Gasteiger partial charge in [-0.2, -0.15) is 0 Å². The molecule has 0 aromatic rings. The van der Waals surface area contributed by atoms with Crippen LogP contribution in [0.2, 0.25) is 0 Å². The second kappa shape index (κ2) is 23.8. The topological polar surface area (TPSA) is 63.0 Å². The fourth-order valence-electron chi connectivity index (χ4n) is 0. The third-order valence-corrected chi connectivity index (χ3v) is 0. The van der Waals surface area contributed by atoms with Gasteiger partial charge in [0.1, 0.15) is 0 Å². The zero-order valence-corrected chi connectivity index (χ0v) is 5.09. The van der Waals surface area contributed by atoms with Gasteiger partial charge in [0.15, 0.2) is 0 Å². The fourth-order valence-corrected chi connectivity index (χ4v) is 0. The van der Waals surface area contributed by atoms with Gasteiger partial charge in [0.25, 0.3) is 0 Å². The second-order valence-electron chi connectivity index (χ2n) is 0. The van der Waals surface area contributed by atoms with E-state index in [-0.39, 0.29) is 59.8 Å². The normalized spacial score (nSPS) is 0. The monoisotopic (exact) mass is 242 g/mol. The van der Waals surface area contributed by atoms with Crippen LogP contribution >= 0.6 is 0 Å². The molecule has 4 heteroatoms. The Bertz CT molecular complexity index is 6.00. The van der Waals surface area contributed by atoms with Gasteiger partial charge in [0.2, 0.25) is 0 Å². The van der Waals surface area contributed by atoms with Crippen molar-refractivity contribution in [2.75, 3.05) is 0 Å². The molecule has 0 aromatic carbocycles. The van der Waals surface area contributed by atoms with Gasteiger partial charge < -0.3 is 11.0 Å². The van der Waals surface area contributed by atoms with Crippen molar-refractivity contribution in [1.29, 1.82) is 0 Å². The molecule has 0 radical (unpaired) electrons. The number of hydrogen-bond acceptors (Lipinski definition) is 0. The Labute approximate surface area is 59.5 Å². The molecule has 0 fully saturated rings. The van der Waals surface area contributed by atoms with E-state index in [2.05, 4.69) is 0 Å². The van der Waals surface area contributed by atoms with Crippen LogP contribution in [0.4, 0.5) is 0 Å². The minimum absolute atomic E-state index is 0. The van der Waals surface area contributed by atoms with E-state index in [1.807, 2.05) is 0 Å². The smallest absolute Gasteiger partial charge is 0.316 e. The molecule has 4 N–H and O–H groups in total. The van der Waals surface area contributed by atoms with E-state index in [0.29, 0.717) is 0 Å². The van der Waals surface area contributed by atoms with Gasteiger partial charge in [-0.05, 0) is 0 Å². The van der Waals surface area contributed by atoms with E-state index in [9.17, 15) is 0 Å². The molecule has 0 aliphatic heterocycles. The maximum atomic E-state index is 0. The molecule has 0 rings (SSSR count). The quantitative estimate of drug-likeness (QED) is 0.418. The molecular weight excluding hydrogens is 235 g/mol. The van der Waals surface area contributed by atoms with Crippen molar-refractivity contribution in [2.45, 2.75) is 0 Å². The molecule has 0 amide bonds. The summed E-state index contributed by atoms with van der Waals surface area (Å²) in [7, 11) is 0. The van der Waals surface area contributed by atoms with E-state index in [4.69, 9.17) is 0 Å². The van der Waals surface area contributed by atoms with Crippen LogP contribution in [0.1, 0.15) is 0 Å². The van der Waals surface area contributed by atoms with Crippen LogP contribution in [0.5, 0.6) is 0 Å². The third kappa shape index (κ3) is 9.59. The van der Waals surface area contributed by atoms with Crippen LogP contribution < -0.4 is 0 Å². The minimum Gasteiger partial charge on any atom is -0.412 e. The van der Waals surface area contributed by atoms with E-state index in [0.717, 1.165) is 0 Å². The molecule has 4 heavy (non-hydrogen) atoms. The van der Waals surface area contributed by atoms with Crippen LogP contribution in [0.3, 0.4) is 0 Å². The minimum atomic E-state index is 0. The Kier molecular flexibility index (Phi) is 283. The van der Waals surface area contributed by atoms with Crippen molar-refractivity contribution in [3.05, 3.63) is 0 Å². The van der Waals surface area contributed by atoms with Gasteiger partial charge in [-0.1, -0.05) is 0 Å². The average molecular weight is 241 g/mol. The Hall–Kier alpha value is 1.56. The Morgan fingerprint density at radius 2 is 0.750 bits per heavy atom. The molecule has 0 atom stereocenters. The first kappa shape index (κ1) is 47.6. The van der Waals surface area contributed by atoms with E-state index >= 15 is 0 Å². The van der Waals surface area contributed by atoms with Crippen molar-refractivity contribution >= 4 is 23.1 Å². The summed E-state index contributed by atoms with van der Waals surface area (Å²) in [5.41, 5.74) is 0. The summed E-state index contributed by atoms with van der Waals surface area (Å²) in [6, 6.07) is 0. The standard InChI is InChI=1S/Hf.Mg.2H2O.2H/h;;2*1H2;;. The molecule has 24 valence electrons. The fraction of sp³-hybridized carbons (Fsp3) is 0. The second-order valence-corrected chi connectivity index (χ2v) is 0. The molecule has 0 aliphatic carbocycles. The molecule has 0 saturated carbocycles. The summed E-state index contributed by atoms with van der Waals surface area (Å²) in [6.45, 7) is 0. The van der Waals surface area contributed by atoms with Crippen molar-refractivity contribution < 1.29 is 36.8 Å². The number of rotatable bonds is 0. The summed E-state index contributed by atoms with van der Waals surface area (Å²) < 4.78 is 0. The molecule has 0 heterocycles. The van der Waals surface area contributed by atoms with Crippen molar-refractivity contribution in [3.8, 4) is 0 Å². The summed E-state index contributed by atoms with van der Waals surface area (Å²) in [5, 5.41) is 0. The maximum absolute atomic E-state index is 0. The van der Waals surface area contributed by atoms with Gasteiger partial charge in [0, 0.05) is 25.8 Å². The van der Waals surface area contributed by atoms with Crippen LogP contribution in [0, 0.1) is 0 Å². The van der Waals surface area contributed by atoms with Crippen LogP contribution in [-0.2, 0) is 25.8 Å². The Balaban J connectivity index is 0. The van der Waals surface area contributed by atoms with Gasteiger partial charge in [0.05, 0.1) is 0 Å². The summed E-state index contributed by atoms with van der Waals surface area (Å²) in [6.07, 6.45) is 0. The first-order chi connectivity index (χ1) is 0. The summed E-state index contributed by atoms with van der Waals surface area (Å²) in [5.74, 6) is 0. The molecule has 0 aliphatic rings. The molecule has 0 bridgehead atoms. The summed E-state index contributed by atoms with van der Waals surface area (Å²) >= 11 is 0. The largest absolute Gasteiger partial charge is 0.412 e. The van der Waals surface area contributed by atoms with E-state index in [1.54, 1.807) is 0 Å². The van der Waals surface area contributed by atoms with Gasteiger partial charge in [-0.15, -0.1) is 0 Å². The molecule has 0 unspecified atom stereocenters. The molecule has 0 aromatic heterocycles. The predicted molar refractivity (Wildman–Crippen MR) is 15.8 cm³/mol. The average Bonchev–Trinajstić information content (AvgIpc) is 0. The van der Waals surface area contributed by atoms with E-state index in [1.165, 1.54) is 0 Å². The molecule has 0 saturated heterocycles. The van der Waals surface area contributed by atoms with E-state index < -0.39 is 0 Å². The maximum Gasteiger partial charge on any atom is 0.316 e. The van der Waals surface area contributed by atoms with Crippen LogP contribution in [0.15, 0.2) is 0 Å². The van der Waals surface area contributed by atoms with Gasteiger partial charge in [-0.25, -0.2) is 0 Å². The van der Waals surface area contributed by atoms with Gasteiger partial charge >= 0.3 is 23.1 Å². The predicted octanol–water partition coefficient (Wildman–Crippen LogP) is -2.57. The zero-order chi connectivity index (χ0) is 0. The van der Waals surface area contributed by atoms with Crippen LogP contribution in [-0.4, -0.2) is 34.0 Å². The molecule has 2 nitrogen and oxygen atoms in total. The Morgan fingerprint density at radius 1 is 0.750 bits per heavy atom. The first-order valence-corrected chi connectivity index (χ1v) is 0. The first-order valence-electron chi connectivity index (χ1n) is 0. The number of hydrogen-bond donors (Lipinski definition) is 0. The third-order valence-electron chi connectivity index (χ3n) is 0. The Morgan fingerprint density at radius 3 is 0.750 bits per heavy atom.